The molecule has 0 fully saturated rings. The van der Waals surface area contributed by atoms with E-state index in [9.17, 15) is 14.7 Å². The molecule has 0 saturated heterocycles. The van der Waals surface area contributed by atoms with Crippen molar-refractivity contribution in [2.45, 2.75) is 33.3 Å². The van der Waals surface area contributed by atoms with Crippen molar-refractivity contribution in [3.63, 3.8) is 0 Å². The summed E-state index contributed by atoms with van der Waals surface area (Å²) < 4.78 is 11.0. The van der Waals surface area contributed by atoms with Crippen molar-refractivity contribution in [1.82, 2.24) is 4.98 Å². The van der Waals surface area contributed by atoms with E-state index in [0.717, 1.165) is 11.3 Å². The van der Waals surface area contributed by atoms with Crippen LogP contribution in [-0.4, -0.2) is 17.1 Å². The number of aromatic nitrogens is 1. The monoisotopic (exact) mass is 358 g/mol. The molecule has 1 atom stereocenters. The van der Waals surface area contributed by atoms with E-state index in [1.807, 2.05) is 19.2 Å². The molecule has 0 spiro atoms. The Hall–Kier alpha value is -2.67. The number of aliphatic carboxylic acids is 1. The van der Waals surface area contributed by atoms with Crippen LogP contribution in [-0.2, 0) is 11.2 Å². The Balaban J connectivity index is 2.13. The van der Waals surface area contributed by atoms with E-state index in [4.69, 9.17) is 9.15 Å². The molecule has 130 valence electrons. The standard InChI is InChI=1S/C18H17NO5S/c1-4-11-5-12-15(6-14(11)24-10(3)18(21)22)23-7-13(16(12)20)17-19-9(2)8-25-17/h5-8,10H,4H2,1-3H3,(H,21,22)/p-1/t10-/m0/s1. The highest BCUT2D eigenvalue weighted by atomic mass is 32.1. The third-order valence-electron chi connectivity index (χ3n) is 3.82. The van der Waals surface area contributed by atoms with E-state index in [1.165, 1.54) is 24.5 Å². The summed E-state index contributed by atoms with van der Waals surface area (Å²) in [6, 6.07) is 3.23. The molecular formula is C18H16NO5S-. The van der Waals surface area contributed by atoms with Crippen molar-refractivity contribution in [1.29, 1.82) is 0 Å². The molecule has 0 unspecified atom stereocenters. The van der Waals surface area contributed by atoms with Gasteiger partial charge >= 0.3 is 0 Å². The van der Waals surface area contributed by atoms with E-state index in [1.54, 1.807) is 12.1 Å². The van der Waals surface area contributed by atoms with Crippen molar-refractivity contribution in [2.75, 3.05) is 0 Å². The molecule has 0 radical (unpaired) electrons. The lowest BCUT2D eigenvalue weighted by molar-refractivity contribution is -0.312. The molecule has 3 aromatic rings. The number of hydrogen-bond acceptors (Lipinski definition) is 7. The quantitative estimate of drug-likeness (QED) is 0.695. The highest BCUT2D eigenvalue weighted by Crippen LogP contribution is 2.29. The lowest BCUT2D eigenvalue weighted by atomic mass is 10.1. The maximum Gasteiger partial charge on any atom is 0.202 e. The minimum Gasteiger partial charge on any atom is -0.546 e. The summed E-state index contributed by atoms with van der Waals surface area (Å²) in [6.07, 6.45) is 0.845. The van der Waals surface area contributed by atoms with Gasteiger partial charge in [-0.1, -0.05) is 6.92 Å². The van der Waals surface area contributed by atoms with Crippen molar-refractivity contribution in [3.8, 4) is 16.3 Å². The van der Waals surface area contributed by atoms with E-state index in [2.05, 4.69) is 4.98 Å². The van der Waals surface area contributed by atoms with Gasteiger partial charge in [-0.2, -0.15) is 0 Å². The van der Waals surface area contributed by atoms with E-state index in [0.29, 0.717) is 33.7 Å². The Morgan fingerprint density at radius 3 is 2.80 bits per heavy atom. The average molecular weight is 358 g/mol. The fourth-order valence-corrected chi connectivity index (χ4v) is 3.25. The molecule has 2 heterocycles. The highest BCUT2D eigenvalue weighted by molar-refractivity contribution is 7.13. The molecule has 0 saturated carbocycles. The summed E-state index contributed by atoms with van der Waals surface area (Å²) in [7, 11) is 0. The van der Waals surface area contributed by atoms with Crippen molar-refractivity contribution in [3.05, 3.63) is 45.3 Å². The number of fused-ring (bicyclic) bond motifs is 1. The molecule has 0 aliphatic carbocycles. The minimum absolute atomic E-state index is 0.176. The third kappa shape index (κ3) is 3.28. The number of rotatable bonds is 5. The van der Waals surface area contributed by atoms with Crippen LogP contribution in [0.15, 0.2) is 33.0 Å². The fourth-order valence-electron chi connectivity index (χ4n) is 2.45. The molecule has 3 rings (SSSR count). The molecule has 0 bridgehead atoms. The number of thiazole rings is 1. The maximum atomic E-state index is 12.8. The second kappa shape index (κ2) is 6.68. The van der Waals surface area contributed by atoms with Gasteiger partial charge in [-0.05, 0) is 31.9 Å². The second-order valence-corrected chi connectivity index (χ2v) is 6.52. The van der Waals surface area contributed by atoms with E-state index < -0.39 is 12.1 Å². The predicted octanol–water partition coefficient (Wildman–Crippen LogP) is 2.30. The maximum absolute atomic E-state index is 12.8. The van der Waals surface area contributed by atoms with Gasteiger partial charge in [-0.25, -0.2) is 4.98 Å². The Morgan fingerprint density at radius 1 is 1.44 bits per heavy atom. The molecule has 0 N–H and O–H groups in total. The molecule has 0 aliphatic heterocycles. The first kappa shape index (κ1) is 17.2. The van der Waals surface area contributed by atoms with E-state index >= 15 is 0 Å². The summed E-state index contributed by atoms with van der Waals surface area (Å²) in [5.74, 6) is -0.939. The largest absolute Gasteiger partial charge is 0.546 e. The predicted molar refractivity (Wildman–Crippen MR) is 92.8 cm³/mol. The topological polar surface area (TPSA) is 92.5 Å². The fraction of sp³-hybridized carbons (Fsp3) is 0.278. The average Bonchev–Trinajstić information content (AvgIpc) is 3.00. The number of nitrogens with zero attached hydrogens (tertiary/aromatic N) is 1. The first-order chi connectivity index (χ1) is 11.9. The number of carboxylic acid groups (broad SMARTS) is 1. The molecule has 7 heteroatoms. The number of ether oxygens (including phenoxy) is 1. The highest BCUT2D eigenvalue weighted by Gasteiger charge is 2.16. The van der Waals surface area contributed by atoms with Crippen molar-refractivity contribution < 1.29 is 19.1 Å². The third-order valence-corrected chi connectivity index (χ3v) is 4.82. The van der Waals surface area contributed by atoms with Gasteiger partial charge in [-0.3, -0.25) is 4.79 Å². The second-order valence-electron chi connectivity index (χ2n) is 5.66. The Labute approximate surface area is 147 Å². The van der Waals surface area contributed by atoms with Crippen LogP contribution in [0.25, 0.3) is 21.5 Å². The number of carboxylic acids is 1. The lowest BCUT2D eigenvalue weighted by Gasteiger charge is -2.18. The van der Waals surface area contributed by atoms with Gasteiger partial charge in [0.15, 0.2) is 0 Å². The lowest BCUT2D eigenvalue weighted by Crippen LogP contribution is -2.37. The van der Waals surface area contributed by atoms with Crippen molar-refractivity contribution >= 4 is 28.3 Å². The van der Waals surface area contributed by atoms with Crippen LogP contribution in [0.4, 0.5) is 0 Å². The number of carbonyl (C=O) groups is 1. The Bertz CT molecular complexity index is 1000. The molecule has 25 heavy (non-hydrogen) atoms. The van der Waals surface area contributed by atoms with Crippen LogP contribution in [0.3, 0.4) is 0 Å². The zero-order valence-corrected chi connectivity index (χ0v) is 14.8. The normalized spacial score (nSPS) is 12.3. The Kier molecular flexibility index (Phi) is 4.59. The van der Waals surface area contributed by atoms with Gasteiger partial charge in [0.05, 0.1) is 16.9 Å². The Morgan fingerprint density at radius 2 is 2.20 bits per heavy atom. The number of hydrogen-bond donors (Lipinski definition) is 0. The number of benzene rings is 1. The molecule has 2 aromatic heterocycles. The summed E-state index contributed by atoms with van der Waals surface area (Å²) in [6.45, 7) is 5.15. The smallest absolute Gasteiger partial charge is 0.202 e. The van der Waals surface area contributed by atoms with Gasteiger partial charge in [0.2, 0.25) is 5.43 Å². The number of carbonyl (C=O) groups excluding carboxylic acids is 1. The molecule has 0 aliphatic rings. The first-order valence-electron chi connectivity index (χ1n) is 7.79. The van der Waals surface area contributed by atoms with Crippen LogP contribution < -0.4 is 15.3 Å². The van der Waals surface area contributed by atoms with Crippen LogP contribution in [0.5, 0.6) is 5.75 Å². The van der Waals surface area contributed by atoms with Crippen LogP contribution in [0.1, 0.15) is 25.1 Å². The van der Waals surface area contributed by atoms with Crippen LogP contribution in [0.2, 0.25) is 0 Å². The van der Waals surface area contributed by atoms with Crippen molar-refractivity contribution in [2.24, 2.45) is 0 Å². The summed E-state index contributed by atoms with van der Waals surface area (Å²) in [4.78, 5) is 28.0. The zero-order valence-electron chi connectivity index (χ0n) is 14.0. The molecular weight excluding hydrogens is 342 g/mol. The van der Waals surface area contributed by atoms with Gasteiger partial charge in [-0.15, -0.1) is 11.3 Å². The summed E-state index contributed by atoms with van der Waals surface area (Å²) in [5.41, 5.74) is 2.13. The molecule has 0 amide bonds. The minimum atomic E-state index is -1.31. The SMILES string of the molecule is CCc1cc2c(=O)c(-c3nc(C)cs3)coc2cc1O[C@@H](C)C(=O)[O-]. The van der Waals surface area contributed by atoms with E-state index in [-0.39, 0.29) is 5.43 Å². The zero-order chi connectivity index (χ0) is 18.1. The summed E-state index contributed by atoms with van der Waals surface area (Å²) >= 11 is 1.38. The summed E-state index contributed by atoms with van der Waals surface area (Å²) in [5, 5.41) is 13.8. The van der Waals surface area contributed by atoms with Gasteiger partial charge in [0.25, 0.3) is 0 Å². The molecule has 1 aromatic carbocycles. The number of aryl methyl sites for hydroxylation is 2. The first-order valence-corrected chi connectivity index (χ1v) is 8.67. The van der Waals surface area contributed by atoms with Crippen LogP contribution in [0, 0.1) is 6.92 Å². The molecule has 6 nitrogen and oxygen atoms in total. The van der Waals surface area contributed by atoms with Gasteiger partial charge < -0.3 is 19.1 Å². The van der Waals surface area contributed by atoms with Crippen LogP contribution >= 0.6 is 11.3 Å². The van der Waals surface area contributed by atoms with Gasteiger partial charge in [0, 0.05) is 17.1 Å². The van der Waals surface area contributed by atoms with Gasteiger partial charge in [0.1, 0.15) is 28.7 Å².